The molecule has 0 radical (unpaired) electrons. The Morgan fingerprint density at radius 2 is 1.93 bits per heavy atom. The number of hydrogen-bond acceptors (Lipinski definition) is 3. The van der Waals surface area contributed by atoms with Crippen LogP contribution in [-0.2, 0) is 0 Å². The molecule has 2 saturated carbocycles. The summed E-state index contributed by atoms with van der Waals surface area (Å²) >= 11 is 0. The quantitative estimate of drug-likeness (QED) is 0.624. The number of pyridine rings is 2. The van der Waals surface area contributed by atoms with E-state index in [1.54, 1.807) is 0 Å². The van der Waals surface area contributed by atoms with Gasteiger partial charge in [0.05, 0.1) is 30.0 Å². The SMILES string of the molecule is Cc1c(N2CCC([NH2+]C3CC3)C2)c(F)cn2c(=O)c(C(=O)O)cc(C3CC3)c12.[Cl-]. The first kappa shape index (κ1) is 20.2. The van der Waals surface area contributed by atoms with E-state index >= 15 is 4.39 Å². The molecule has 1 aliphatic heterocycles. The van der Waals surface area contributed by atoms with Gasteiger partial charge in [0.15, 0.2) is 5.82 Å². The maximum atomic E-state index is 15.1. The van der Waals surface area contributed by atoms with Crippen LogP contribution in [0.3, 0.4) is 0 Å². The molecule has 5 rings (SSSR count). The molecular weight excluding hydrogens is 397 g/mol. The average Bonchev–Trinajstić information content (AvgIpc) is 3.56. The second kappa shape index (κ2) is 7.29. The van der Waals surface area contributed by atoms with E-state index < -0.39 is 17.3 Å². The summed E-state index contributed by atoms with van der Waals surface area (Å²) in [4.78, 5) is 26.3. The third-order valence-electron chi connectivity index (χ3n) is 6.40. The number of halogens is 2. The molecule has 1 unspecified atom stereocenters. The maximum absolute atomic E-state index is 15.1. The average molecular weight is 422 g/mol. The van der Waals surface area contributed by atoms with Crippen molar-refractivity contribution in [3.63, 3.8) is 0 Å². The zero-order valence-corrected chi connectivity index (χ0v) is 17.1. The number of hydrogen-bond donors (Lipinski definition) is 2. The lowest BCUT2D eigenvalue weighted by atomic mass is 10.0. The fourth-order valence-electron chi connectivity index (χ4n) is 4.71. The third-order valence-corrected chi connectivity index (χ3v) is 6.40. The molecule has 0 amide bonds. The number of aryl methyl sites for hydroxylation is 1. The van der Waals surface area contributed by atoms with Crippen LogP contribution in [0.5, 0.6) is 0 Å². The Labute approximate surface area is 174 Å². The standard InChI is InChI=1S/C21H24FN3O3.ClH/c1-11-18-15(12-2-3-12)8-16(21(27)28)20(26)25(18)10-17(22)19(11)24-7-6-14(9-24)23-13-4-5-13;/h8,10,12-14,23H,2-7,9H2,1H3,(H,27,28);1H. The number of nitrogens with two attached hydrogens (primary N) is 1. The molecule has 1 atom stereocenters. The van der Waals surface area contributed by atoms with Gasteiger partial charge in [-0.15, -0.1) is 0 Å². The van der Waals surface area contributed by atoms with Gasteiger partial charge in [-0.25, -0.2) is 9.18 Å². The van der Waals surface area contributed by atoms with E-state index in [1.165, 1.54) is 29.5 Å². The number of aromatic carboxylic acids is 1. The van der Waals surface area contributed by atoms with Crippen molar-refractivity contribution in [2.24, 2.45) is 0 Å². The van der Waals surface area contributed by atoms with Crippen molar-refractivity contribution in [2.75, 3.05) is 18.0 Å². The van der Waals surface area contributed by atoms with Gasteiger partial charge in [-0.1, -0.05) is 0 Å². The van der Waals surface area contributed by atoms with Crippen LogP contribution in [0.4, 0.5) is 10.1 Å². The van der Waals surface area contributed by atoms with E-state index in [9.17, 15) is 14.7 Å². The third kappa shape index (κ3) is 3.51. The number of carbonyl (C=O) groups is 1. The van der Waals surface area contributed by atoms with Gasteiger partial charge in [0.1, 0.15) is 11.6 Å². The van der Waals surface area contributed by atoms with Crippen LogP contribution in [-0.4, -0.2) is 40.6 Å². The van der Waals surface area contributed by atoms with Crippen molar-refractivity contribution in [3.05, 3.63) is 45.1 Å². The van der Waals surface area contributed by atoms with Crippen LogP contribution >= 0.6 is 0 Å². The van der Waals surface area contributed by atoms with E-state index in [-0.39, 0.29) is 23.9 Å². The highest BCUT2D eigenvalue weighted by Crippen LogP contribution is 2.44. The molecular formula is C21H25ClFN3O3. The van der Waals surface area contributed by atoms with E-state index in [4.69, 9.17) is 0 Å². The van der Waals surface area contributed by atoms with Crippen LogP contribution in [0.15, 0.2) is 17.1 Å². The first-order valence-corrected chi connectivity index (χ1v) is 10.2. The van der Waals surface area contributed by atoms with Crippen molar-refractivity contribution < 1.29 is 32.0 Å². The predicted octanol–water partition coefficient (Wildman–Crippen LogP) is -1.37. The number of aromatic nitrogens is 1. The van der Waals surface area contributed by atoms with E-state index in [1.807, 2.05) is 6.92 Å². The molecule has 3 aliphatic rings. The summed E-state index contributed by atoms with van der Waals surface area (Å²) in [5.41, 5.74) is 1.90. The topological polar surface area (TPSA) is 78.6 Å². The largest absolute Gasteiger partial charge is 1.00 e. The number of quaternary nitrogens is 1. The smallest absolute Gasteiger partial charge is 0.341 e. The summed E-state index contributed by atoms with van der Waals surface area (Å²) < 4.78 is 16.4. The molecule has 8 heteroatoms. The molecule has 0 bridgehead atoms. The van der Waals surface area contributed by atoms with Gasteiger partial charge in [-0.2, -0.15) is 0 Å². The normalized spacial score (nSPS) is 21.4. The summed E-state index contributed by atoms with van der Waals surface area (Å²) in [7, 11) is 0. The van der Waals surface area contributed by atoms with Gasteiger partial charge in [-0.05, 0) is 42.9 Å². The Hall–Kier alpha value is -2.12. The molecule has 2 aromatic rings. The van der Waals surface area contributed by atoms with Crippen molar-refractivity contribution in [3.8, 4) is 0 Å². The second-order valence-electron chi connectivity index (χ2n) is 8.59. The monoisotopic (exact) mass is 421 g/mol. The molecule has 0 aromatic carbocycles. The predicted molar refractivity (Wildman–Crippen MR) is 103 cm³/mol. The summed E-state index contributed by atoms with van der Waals surface area (Å²) in [5.74, 6) is -1.47. The van der Waals surface area contributed by atoms with Crippen LogP contribution in [0.25, 0.3) is 5.52 Å². The van der Waals surface area contributed by atoms with Gasteiger partial charge in [0.25, 0.3) is 5.56 Å². The summed E-state index contributed by atoms with van der Waals surface area (Å²) in [5, 5.41) is 11.8. The number of anilines is 1. The van der Waals surface area contributed by atoms with Crippen LogP contribution < -0.4 is 28.2 Å². The van der Waals surface area contributed by atoms with Gasteiger partial charge < -0.3 is 27.7 Å². The van der Waals surface area contributed by atoms with Crippen LogP contribution in [0.1, 0.15) is 59.5 Å². The van der Waals surface area contributed by atoms with Crippen LogP contribution in [0.2, 0.25) is 0 Å². The fraction of sp³-hybridized carbons (Fsp3) is 0.524. The molecule has 3 heterocycles. The number of rotatable bonds is 5. The Morgan fingerprint density at radius 3 is 2.55 bits per heavy atom. The number of carboxylic acids is 1. The highest BCUT2D eigenvalue weighted by molar-refractivity contribution is 5.89. The molecule has 1 saturated heterocycles. The molecule has 156 valence electrons. The first-order chi connectivity index (χ1) is 13.4. The van der Waals surface area contributed by atoms with Crippen molar-refractivity contribution in [1.82, 2.24) is 4.40 Å². The lowest BCUT2D eigenvalue weighted by Gasteiger charge is -2.23. The molecule has 2 aromatic heterocycles. The molecule has 6 nitrogen and oxygen atoms in total. The highest BCUT2D eigenvalue weighted by Gasteiger charge is 2.35. The zero-order chi connectivity index (χ0) is 19.6. The highest BCUT2D eigenvalue weighted by atomic mass is 35.5. The molecule has 3 N–H and O–H groups in total. The van der Waals surface area contributed by atoms with Crippen molar-refractivity contribution in [2.45, 2.75) is 57.0 Å². The number of fused-ring (bicyclic) bond motifs is 1. The first-order valence-electron chi connectivity index (χ1n) is 10.2. The lowest BCUT2D eigenvalue weighted by Crippen LogP contribution is -3.00. The minimum Gasteiger partial charge on any atom is -1.00 e. The van der Waals surface area contributed by atoms with Crippen LogP contribution in [0, 0.1) is 12.7 Å². The van der Waals surface area contributed by atoms with Gasteiger partial charge >= 0.3 is 5.97 Å². The maximum Gasteiger partial charge on any atom is 0.341 e. The Balaban J connectivity index is 0.00000205. The van der Waals surface area contributed by atoms with Gasteiger partial charge in [0.2, 0.25) is 0 Å². The molecule has 2 aliphatic carbocycles. The zero-order valence-electron chi connectivity index (χ0n) is 16.3. The molecule has 0 spiro atoms. The Bertz CT molecular complexity index is 1050. The molecule has 29 heavy (non-hydrogen) atoms. The van der Waals surface area contributed by atoms with Gasteiger partial charge in [-0.3, -0.25) is 9.20 Å². The van der Waals surface area contributed by atoms with Crippen molar-refractivity contribution in [1.29, 1.82) is 0 Å². The minimum atomic E-state index is -1.26. The summed E-state index contributed by atoms with van der Waals surface area (Å²) in [6, 6.07) is 2.74. The fourth-order valence-corrected chi connectivity index (χ4v) is 4.71. The Kier molecular flexibility index (Phi) is 5.07. The van der Waals surface area contributed by atoms with E-state index in [2.05, 4.69) is 10.2 Å². The van der Waals surface area contributed by atoms with Crippen molar-refractivity contribution >= 4 is 17.2 Å². The van der Waals surface area contributed by atoms with E-state index in [0.717, 1.165) is 49.5 Å². The second-order valence-corrected chi connectivity index (χ2v) is 8.59. The summed E-state index contributed by atoms with van der Waals surface area (Å²) in [6.07, 6.45) is 6.72. The number of carboxylic acid groups (broad SMARTS) is 1. The minimum absolute atomic E-state index is 0. The van der Waals surface area contributed by atoms with E-state index in [0.29, 0.717) is 17.2 Å². The Morgan fingerprint density at radius 1 is 1.21 bits per heavy atom. The van der Waals surface area contributed by atoms with Gasteiger partial charge in [0, 0.05) is 25.8 Å². The number of nitrogens with zero attached hydrogens (tertiary/aromatic N) is 2. The lowest BCUT2D eigenvalue weighted by molar-refractivity contribution is -0.697. The molecule has 3 fully saturated rings. The summed E-state index contributed by atoms with van der Waals surface area (Å²) in [6.45, 7) is 3.47.